The van der Waals surface area contributed by atoms with Crippen LogP contribution in [-0.2, 0) is 17.6 Å². The molecule has 1 N–H and O–H groups in total. The van der Waals surface area contributed by atoms with E-state index in [0.29, 0.717) is 12.8 Å². The fraction of sp³-hybridized carbons (Fsp3) is 0.312. The van der Waals surface area contributed by atoms with E-state index in [1.54, 1.807) is 0 Å². The Hall–Kier alpha value is -2.03. The molecule has 0 aliphatic heterocycles. The SMILES string of the molecule is CCc1ccccc1NC(=O)CCc1ccc(C)o1. The fourth-order valence-electron chi connectivity index (χ4n) is 2.02. The molecule has 2 aromatic rings. The van der Waals surface area contributed by atoms with Crippen LogP contribution in [0.5, 0.6) is 0 Å². The van der Waals surface area contributed by atoms with Crippen LogP contribution >= 0.6 is 0 Å². The van der Waals surface area contributed by atoms with E-state index < -0.39 is 0 Å². The van der Waals surface area contributed by atoms with Crippen LogP contribution < -0.4 is 5.32 Å². The number of furan rings is 1. The fourth-order valence-corrected chi connectivity index (χ4v) is 2.02. The van der Waals surface area contributed by atoms with Crippen molar-refractivity contribution in [2.75, 3.05) is 5.32 Å². The van der Waals surface area contributed by atoms with E-state index in [9.17, 15) is 4.79 Å². The predicted molar refractivity (Wildman–Crippen MR) is 76.2 cm³/mol. The Morgan fingerprint density at radius 2 is 2.00 bits per heavy atom. The van der Waals surface area contributed by atoms with Gasteiger partial charge in [0.25, 0.3) is 0 Å². The van der Waals surface area contributed by atoms with Crippen molar-refractivity contribution in [2.45, 2.75) is 33.1 Å². The van der Waals surface area contributed by atoms with Gasteiger partial charge in [0.15, 0.2) is 0 Å². The van der Waals surface area contributed by atoms with Gasteiger partial charge in [0.05, 0.1) is 0 Å². The third-order valence-electron chi connectivity index (χ3n) is 3.07. The molecule has 0 saturated carbocycles. The maximum Gasteiger partial charge on any atom is 0.224 e. The zero-order chi connectivity index (χ0) is 13.7. The minimum atomic E-state index is 0.0231. The van der Waals surface area contributed by atoms with Gasteiger partial charge in [-0.1, -0.05) is 25.1 Å². The van der Waals surface area contributed by atoms with Gasteiger partial charge < -0.3 is 9.73 Å². The molecule has 0 atom stereocenters. The third-order valence-corrected chi connectivity index (χ3v) is 3.07. The minimum Gasteiger partial charge on any atom is -0.466 e. The number of amides is 1. The summed E-state index contributed by atoms with van der Waals surface area (Å²) in [6, 6.07) is 11.7. The average Bonchev–Trinajstić information content (AvgIpc) is 2.83. The number of para-hydroxylation sites is 1. The number of benzene rings is 1. The molecule has 1 aromatic carbocycles. The molecule has 0 saturated heterocycles. The highest BCUT2D eigenvalue weighted by molar-refractivity contribution is 5.91. The van der Waals surface area contributed by atoms with Crippen molar-refractivity contribution in [1.82, 2.24) is 0 Å². The lowest BCUT2D eigenvalue weighted by Gasteiger charge is -2.09. The van der Waals surface area contributed by atoms with Gasteiger partial charge in [0, 0.05) is 18.5 Å². The van der Waals surface area contributed by atoms with Gasteiger partial charge >= 0.3 is 0 Å². The maximum absolute atomic E-state index is 11.9. The normalized spacial score (nSPS) is 10.4. The summed E-state index contributed by atoms with van der Waals surface area (Å²) in [4.78, 5) is 11.9. The first-order chi connectivity index (χ1) is 9.19. The number of hydrogen-bond acceptors (Lipinski definition) is 2. The molecule has 19 heavy (non-hydrogen) atoms. The van der Waals surface area contributed by atoms with Crippen molar-refractivity contribution in [3.63, 3.8) is 0 Å². The molecule has 1 aromatic heterocycles. The summed E-state index contributed by atoms with van der Waals surface area (Å²) in [5, 5.41) is 2.96. The molecular weight excluding hydrogens is 238 g/mol. The molecule has 0 aliphatic carbocycles. The lowest BCUT2D eigenvalue weighted by molar-refractivity contribution is -0.116. The Balaban J connectivity index is 1.90. The molecule has 0 unspecified atom stereocenters. The zero-order valence-electron chi connectivity index (χ0n) is 11.4. The highest BCUT2D eigenvalue weighted by Crippen LogP contribution is 2.16. The molecule has 0 spiro atoms. The van der Waals surface area contributed by atoms with Crippen LogP contribution in [0.1, 0.15) is 30.4 Å². The summed E-state index contributed by atoms with van der Waals surface area (Å²) in [6.45, 7) is 3.98. The number of nitrogens with one attached hydrogen (secondary N) is 1. The second-order valence-electron chi connectivity index (χ2n) is 4.57. The van der Waals surface area contributed by atoms with E-state index in [2.05, 4.69) is 12.2 Å². The molecule has 1 amide bonds. The molecule has 100 valence electrons. The van der Waals surface area contributed by atoms with Gasteiger partial charge in [-0.2, -0.15) is 0 Å². The minimum absolute atomic E-state index is 0.0231. The highest BCUT2D eigenvalue weighted by Gasteiger charge is 2.07. The maximum atomic E-state index is 11.9. The first-order valence-corrected chi connectivity index (χ1v) is 6.62. The third kappa shape index (κ3) is 3.71. The molecule has 2 rings (SSSR count). The quantitative estimate of drug-likeness (QED) is 0.887. The molecule has 3 heteroatoms. The molecular formula is C16H19NO2. The lowest BCUT2D eigenvalue weighted by Crippen LogP contribution is -2.13. The number of rotatable bonds is 5. The van der Waals surface area contributed by atoms with E-state index in [0.717, 1.165) is 29.2 Å². The summed E-state index contributed by atoms with van der Waals surface area (Å²) >= 11 is 0. The first kappa shape index (κ1) is 13.4. The van der Waals surface area contributed by atoms with Crippen LogP contribution in [0, 0.1) is 6.92 Å². The highest BCUT2D eigenvalue weighted by atomic mass is 16.3. The molecule has 0 fully saturated rings. The van der Waals surface area contributed by atoms with Crippen LogP contribution in [0.2, 0.25) is 0 Å². The van der Waals surface area contributed by atoms with Gasteiger partial charge in [0.1, 0.15) is 11.5 Å². The Morgan fingerprint density at radius 3 is 2.68 bits per heavy atom. The van der Waals surface area contributed by atoms with Crippen LogP contribution in [0.25, 0.3) is 0 Å². The Kier molecular flexibility index (Phi) is 4.39. The summed E-state index contributed by atoms with van der Waals surface area (Å²) in [6.07, 6.45) is 1.98. The van der Waals surface area contributed by atoms with E-state index >= 15 is 0 Å². The van der Waals surface area contributed by atoms with Gasteiger partial charge in [-0.3, -0.25) is 4.79 Å². The zero-order valence-corrected chi connectivity index (χ0v) is 11.4. The van der Waals surface area contributed by atoms with Crippen molar-refractivity contribution >= 4 is 11.6 Å². The molecule has 0 radical (unpaired) electrons. The molecule has 0 aliphatic rings. The lowest BCUT2D eigenvalue weighted by atomic mass is 10.1. The van der Waals surface area contributed by atoms with Crippen LogP contribution in [0.3, 0.4) is 0 Å². The summed E-state index contributed by atoms with van der Waals surface area (Å²) in [7, 11) is 0. The van der Waals surface area contributed by atoms with Crippen LogP contribution in [0.4, 0.5) is 5.69 Å². The van der Waals surface area contributed by atoms with Gasteiger partial charge in [0.2, 0.25) is 5.91 Å². The topological polar surface area (TPSA) is 42.2 Å². The van der Waals surface area contributed by atoms with E-state index in [1.165, 1.54) is 0 Å². The van der Waals surface area contributed by atoms with Crippen molar-refractivity contribution in [3.05, 3.63) is 53.5 Å². The van der Waals surface area contributed by atoms with Crippen LogP contribution in [0.15, 0.2) is 40.8 Å². The largest absolute Gasteiger partial charge is 0.466 e. The summed E-state index contributed by atoms with van der Waals surface area (Å²) in [5.41, 5.74) is 2.07. The number of carbonyl (C=O) groups is 1. The average molecular weight is 257 g/mol. The van der Waals surface area contributed by atoms with E-state index in [-0.39, 0.29) is 5.91 Å². The molecule has 0 bridgehead atoms. The predicted octanol–water partition coefficient (Wildman–Crippen LogP) is 3.72. The second-order valence-corrected chi connectivity index (χ2v) is 4.57. The Morgan fingerprint density at radius 1 is 1.21 bits per heavy atom. The molecule has 1 heterocycles. The summed E-state index contributed by atoms with van der Waals surface area (Å²) < 4.78 is 5.45. The monoisotopic (exact) mass is 257 g/mol. The Labute approximate surface area is 113 Å². The standard InChI is InChI=1S/C16H19NO2/c1-3-13-6-4-5-7-15(13)17-16(18)11-10-14-9-8-12(2)19-14/h4-9H,3,10-11H2,1-2H3,(H,17,18). The van der Waals surface area contributed by atoms with Crippen LogP contribution in [-0.4, -0.2) is 5.91 Å². The van der Waals surface area contributed by atoms with Gasteiger partial charge in [-0.25, -0.2) is 0 Å². The first-order valence-electron chi connectivity index (χ1n) is 6.62. The van der Waals surface area contributed by atoms with E-state index in [1.807, 2.05) is 43.3 Å². The summed E-state index contributed by atoms with van der Waals surface area (Å²) in [5.74, 6) is 1.76. The number of aryl methyl sites for hydroxylation is 3. The number of carbonyl (C=O) groups excluding carboxylic acids is 1. The number of anilines is 1. The Bertz CT molecular complexity index is 557. The van der Waals surface area contributed by atoms with Crippen molar-refractivity contribution in [2.24, 2.45) is 0 Å². The van der Waals surface area contributed by atoms with Gasteiger partial charge in [-0.15, -0.1) is 0 Å². The van der Waals surface area contributed by atoms with E-state index in [4.69, 9.17) is 4.42 Å². The van der Waals surface area contributed by atoms with Gasteiger partial charge in [-0.05, 0) is 37.1 Å². The molecule has 3 nitrogen and oxygen atoms in total. The number of hydrogen-bond donors (Lipinski definition) is 1. The second kappa shape index (κ2) is 6.23. The van der Waals surface area contributed by atoms with Crippen molar-refractivity contribution in [3.8, 4) is 0 Å². The van der Waals surface area contributed by atoms with Crippen molar-refractivity contribution < 1.29 is 9.21 Å². The smallest absolute Gasteiger partial charge is 0.224 e. The van der Waals surface area contributed by atoms with Crippen molar-refractivity contribution in [1.29, 1.82) is 0 Å².